The van der Waals surface area contributed by atoms with Crippen molar-refractivity contribution < 1.29 is 18.5 Å². The van der Waals surface area contributed by atoms with Crippen LogP contribution in [0.3, 0.4) is 0 Å². The topological polar surface area (TPSA) is 89.6 Å². The summed E-state index contributed by atoms with van der Waals surface area (Å²) < 4.78 is 26.7. The molecule has 36 heavy (non-hydrogen) atoms. The van der Waals surface area contributed by atoms with Crippen LogP contribution in [0, 0.1) is 6.92 Å². The van der Waals surface area contributed by atoms with Gasteiger partial charge in [0.2, 0.25) is 12.7 Å². The van der Waals surface area contributed by atoms with Gasteiger partial charge in [-0.05, 0) is 69.9 Å². The summed E-state index contributed by atoms with van der Waals surface area (Å²) in [6.45, 7) is 7.82. The van der Waals surface area contributed by atoms with Gasteiger partial charge in [0.15, 0.2) is 16.6 Å². The molecule has 190 valence electrons. The number of hydrogen-bond acceptors (Lipinski definition) is 6. The maximum Gasteiger partial charge on any atom is 0.236 e. The molecule has 2 aliphatic rings. The van der Waals surface area contributed by atoms with Gasteiger partial charge < -0.3 is 14.8 Å². The first-order chi connectivity index (χ1) is 17.1. The van der Waals surface area contributed by atoms with Crippen molar-refractivity contribution in [3.8, 4) is 11.5 Å². The number of rotatable bonds is 7. The van der Waals surface area contributed by atoms with Crippen LogP contribution in [0.25, 0.3) is 0 Å². The number of carbonyl (C=O) groups is 1. The number of ether oxygens (including phenoxy) is 2. The second kappa shape index (κ2) is 9.45. The molecule has 3 aromatic rings. The molecule has 1 fully saturated rings. The number of carbonyl (C=O) groups excluding carboxylic acids is 1. The summed E-state index contributed by atoms with van der Waals surface area (Å²) in [6.07, 6.45) is 1.51. The van der Waals surface area contributed by atoms with Gasteiger partial charge in [0, 0.05) is 5.02 Å². The molecule has 1 aromatic heterocycles. The van der Waals surface area contributed by atoms with Gasteiger partial charge in [-0.1, -0.05) is 47.2 Å². The van der Waals surface area contributed by atoms with Crippen LogP contribution in [0.1, 0.15) is 61.4 Å². The smallest absolute Gasteiger partial charge is 0.236 e. The van der Waals surface area contributed by atoms with Crippen LogP contribution in [0.4, 0.5) is 5.13 Å². The summed E-state index contributed by atoms with van der Waals surface area (Å²) >= 11 is 7.91. The zero-order valence-electron chi connectivity index (χ0n) is 20.5. The van der Waals surface area contributed by atoms with Crippen LogP contribution in [0.15, 0.2) is 42.5 Å². The van der Waals surface area contributed by atoms with E-state index >= 15 is 0 Å². The van der Waals surface area contributed by atoms with Crippen LogP contribution < -0.4 is 19.5 Å². The standard InChI is InChI=1S/C26H28ClN3O4S2/c1-15-22(21(30-36(32)25(2,3)4)17-7-5-6-8-18(17)27)35-24(28-15)29-23(31)26(11-12-26)16-9-10-19-20(13-16)34-14-33-19/h5-10,13,21,30H,11-12,14H2,1-4H3,(H,28,29,31). The Morgan fingerprint density at radius 3 is 2.58 bits per heavy atom. The SMILES string of the molecule is Cc1nc(NC(=O)C2(c3ccc4c(c3)OCO4)CC2)sc1C(NS(=O)C(C)(C)C)c1ccccc1Cl. The number of aryl methyl sites for hydroxylation is 1. The molecule has 1 aliphatic carbocycles. The molecule has 5 rings (SSSR count). The van der Waals surface area contributed by atoms with E-state index in [1.54, 1.807) is 0 Å². The number of nitrogens with one attached hydrogen (secondary N) is 2. The monoisotopic (exact) mass is 545 g/mol. The minimum atomic E-state index is -1.35. The van der Waals surface area contributed by atoms with E-state index in [1.165, 1.54) is 11.3 Å². The first-order valence-corrected chi connectivity index (χ1v) is 14.0. The van der Waals surface area contributed by atoms with Crippen molar-refractivity contribution in [2.75, 3.05) is 12.1 Å². The van der Waals surface area contributed by atoms with E-state index in [9.17, 15) is 9.00 Å². The second-order valence-electron chi connectivity index (χ2n) is 10.0. The summed E-state index contributed by atoms with van der Waals surface area (Å²) in [5.74, 6) is 1.27. The molecule has 1 amide bonds. The van der Waals surface area contributed by atoms with E-state index in [2.05, 4.69) is 15.0 Å². The molecular formula is C26H28ClN3O4S2. The molecule has 2 unspecified atom stereocenters. The predicted octanol–water partition coefficient (Wildman–Crippen LogP) is 5.65. The highest BCUT2D eigenvalue weighted by Crippen LogP contribution is 2.51. The normalized spacial score (nSPS) is 17.5. The Kier molecular flexibility index (Phi) is 6.61. The van der Waals surface area contributed by atoms with E-state index in [-0.39, 0.29) is 12.7 Å². The van der Waals surface area contributed by atoms with Crippen LogP contribution >= 0.6 is 22.9 Å². The zero-order valence-corrected chi connectivity index (χ0v) is 22.9. The van der Waals surface area contributed by atoms with Gasteiger partial charge in [-0.2, -0.15) is 0 Å². The van der Waals surface area contributed by atoms with Gasteiger partial charge in [-0.3, -0.25) is 4.79 Å². The number of benzene rings is 2. The summed E-state index contributed by atoms with van der Waals surface area (Å²) in [5, 5.41) is 4.10. The molecule has 0 spiro atoms. The lowest BCUT2D eigenvalue weighted by Crippen LogP contribution is -2.36. The quantitative estimate of drug-likeness (QED) is 0.401. The van der Waals surface area contributed by atoms with Crippen molar-refractivity contribution in [1.82, 2.24) is 9.71 Å². The molecule has 2 atom stereocenters. The van der Waals surface area contributed by atoms with Gasteiger partial charge in [0.25, 0.3) is 0 Å². The highest BCUT2D eigenvalue weighted by Gasteiger charge is 2.52. The van der Waals surface area contributed by atoms with Crippen molar-refractivity contribution in [2.45, 2.75) is 56.7 Å². The Morgan fingerprint density at radius 1 is 1.17 bits per heavy atom. The Bertz CT molecular complexity index is 1350. The summed E-state index contributed by atoms with van der Waals surface area (Å²) in [5.41, 5.74) is 1.86. The number of hydrogen-bond donors (Lipinski definition) is 2. The fraction of sp³-hybridized carbons (Fsp3) is 0.385. The number of thiazole rings is 1. The Morgan fingerprint density at radius 2 is 1.89 bits per heavy atom. The number of fused-ring (bicyclic) bond motifs is 1. The average Bonchev–Trinajstić information content (AvgIpc) is 3.38. The third kappa shape index (κ3) is 4.77. The first-order valence-electron chi connectivity index (χ1n) is 11.7. The van der Waals surface area contributed by atoms with E-state index < -0.39 is 27.2 Å². The Balaban J connectivity index is 1.42. The maximum atomic E-state index is 13.4. The van der Waals surface area contributed by atoms with Gasteiger partial charge in [0.1, 0.15) is 0 Å². The molecular weight excluding hydrogens is 518 g/mol. The minimum absolute atomic E-state index is 0.0952. The van der Waals surface area contributed by atoms with Crippen molar-refractivity contribution >= 4 is 45.0 Å². The van der Waals surface area contributed by atoms with Crippen molar-refractivity contribution in [3.63, 3.8) is 0 Å². The van der Waals surface area contributed by atoms with E-state index in [1.807, 2.05) is 70.2 Å². The highest BCUT2D eigenvalue weighted by atomic mass is 35.5. The maximum absolute atomic E-state index is 13.4. The number of nitrogens with zero attached hydrogens (tertiary/aromatic N) is 1. The molecule has 0 saturated heterocycles. The molecule has 2 aromatic carbocycles. The van der Waals surface area contributed by atoms with Gasteiger partial charge in [-0.15, -0.1) is 0 Å². The zero-order chi connectivity index (χ0) is 25.7. The molecule has 10 heteroatoms. The Labute approximate surface area is 222 Å². The minimum Gasteiger partial charge on any atom is -0.454 e. The molecule has 0 radical (unpaired) electrons. The van der Waals surface area contributed by atoms with Gasteiger partial charge >= 0.3 is 0 Å². The molecule has 7 nitrogen and oxygen atoms in total. The van der Waals surface area contributed by atoms with Crippen LogP contribution in [0.2, 0.25) is 5.02 Å². The average molecular weight is 546 g/mol. The van der Waals surface area contributed by atoms with E-state index in [0.717, 1.165) is 34.5 Å². The summed E-state index contributed by atoms with van der Waals surface area (Å²) in [6, 6.07) is 12.7. The fourth-order valence-electron chi connectivity index (χ4n) is 4.16. The summed E-state index contributed by atoms with van der Waals surface area (Å²) in [7, 11) is -1.35. The predicted molar refractivity (Wildman–Crippen MR) is 143 cm³/mol. The van der Waals surface area contributed by atoms with Crippen molar-refractivity contribution in [2.24, 2.45) is 0 Å². The highest BCUT2D eigenvalue weighted by molar-refractivity contribution is 7.84. The first kappa shape index (κ1) is 25.2. The lowest BCUT2D eigenvalue weighted by Gasteiger charge is -2.25. The van der Waals surface area contributed by atoms with Gasteiger partial charge in [0.05, 0.1) is 37.8 Å². The van der Waals surface area contributed by atoms with Crippen molar-refractivity contribution in [1.29, 1.82) is 0 Å². The number of aromatic nitrogens is 1. The number of halogens is 1. The summed E-state index contributed by atoms with van der Waals surface area (Å²) in [4.78, 5) is 18.9. The third-order valence-corrected chi connectivity index (χ3v) is 9.47. The molecule has 1 saturated carbocycles. The van der Waals surface area contributed by atoms with Crippen LogP contribution in [0.5, 0.6) is 11.5 Å². The molecule has 2 N–H and O–H groups in total. The van der Waals surface area contributed by atoms with Crippen LogP contribution in [-0.2, 0) is 21.2 Å². The van der Waals surface area contributed by atoms with Crippen LogP contribution in [-0.4, -0.2) is 26.6 Å². The molecule has 2 heterocycles. The molecule has 1 aliphatic heterocycles. The molecule has 0 bridgehead atoms. The third-order valence-electron chi connectivity index (χ3n) is 6.42. The lowest BCUT2D eigenvalue weighted by atomic mass is 9.94. The van der Waals surface area contributed by atoms with E-state index in [0.29, 0.717) is 21.7 Å². The van der Waals surface area contributed by atoms with Gasteiger partial charge in [-0.25, -0.2) is 13.9 Å². The number of amides is 1. The van der Waals surface area contributed by atoms with Crippen molar-refractivity contribution in [3.05, 3.63) is 69.2 Å². The number of anilines is 1. The second-order valence-corrected chi connectivity index (χ2v) is 13.5. The fourth-order valence-corrected chi connectivity index (χ4v) is 6.33. The largest absolute Gasteiger partial charge is 0.454 e. The Hall–Kier alpha value is -2.46. The van der Waals surface area contributed by atoms with E-state index in [4.69, 9.17) is 21.1 Å². The lowest BCUT2D eigenvalue weighted by molar-refractivity contribution is -0.118.